The molecular formula is C25H24ClN3O3S. The fourth-order valence-corrected chi connectivity index (χ4v) is 4.36. The number of carbonyl (C=O) groups excluding carboxylic acids is 1. The number of aryl methyl sites for hydroxylation is 1. The second kappa shape index (κ2) is 10.2. The Kier molecular flexibility index (Phi) is 7.11. The number of ether oxygens (including phenoxy) is 2. The van der Waals surface area contributed by atoms with Crippen LogP contribution in [0.4, 0.5) is 11.5 Å². The molecule has 4 aromatic rings. The number of carbonyl (C=O) groups is 1. The summed E-state index contributed by atoms with van der Waals surface area (Å²) < 4.78 is 11.3. The topological polar surface area (TPSA) is 73.3 Å². The molecule has 33 heavy (non-hydrogen) atoms. The minimum atomic E-state index is -0.322. The molecule has 2 aromatic heterocycles. The van der Waals surface area contributed by atoms with Crippen LogP contribution in [0.2, 0.25) is 5.02 Å². The number of anilines is 2. The normalized spacial score (nSPS) is 11.1. The maximum Gasteiger partial charge on any atom is 0.348 e. The van der Waals surface area contributed by atoms with Gasteiger partial charge < -0.3 is 14.8 Å². The standard InChI is InChI=1S/C25H24ClN3O3S/c1-15(2)12-32-25(30)22-16(3)21-23(27-14-28-24(21)33-22)29-19-8-10-20(11-9-19)31-13-17-4-6-18(26)7-5-17/h4-11,14-15H,12-13H2,1-3H3,(H,27,28,29). The molecule has 0 spiro atoms. The number of aromatic nitrogens is 2. The molecule has 0 aliphatic heterocycles. The van der Waals surface area contributed by atoms with Crippen molar-refractivity contribution in [1.82, 2.24) is 9.97 Å². The highest BCUT2D eigenvalue weighted by atomic mass is 35.5. The number of nitrogens with one attached hydrogen (secondary N) is 1. The predicted octanol–water partition coefficient (Wildman–Crippen LogP) is 6.79. The van der Waals surface area contributed by atoms with Crippen LogP contribution in [-0.4, -0.2) is 22.5 Å². The molecule has 0 atom stereocenters. The molecule has 8 heteroatoms. The van der Waals surface area contributed by atoms with E-state index in [1.807, 2.05) is 69.3 Å². The number of benzene rings is 2. The van der Waals surface area contributed by atoms with E-state index in [1.165, 1.54) is 17.7 Å². The van der Waals surface area contributed by atoms with Crippen LogP contribution in [0.3, 0.4) is 0 Å². The maximum atomic E-state index is 12.5. The molecular weight excluding hydrogens is 458 g/mol. The Morgan fingerprint density at radius 2 is 1.82 bits per heavy atom. The highest BCUT2D eigenvalue weighted by Gasteiger charge is 2.20. The van der Waals surface area contributed by atoms with Gasteiger partial charge in [-0.05, 0) is 60.4 Å². The van der Waals surface area contributed by atoms with Gasteiger partial charge in [0.1, 0.15) is 34.2 Å². The minimum Gasteiger partial charge on any atom is -0.489 e. The molecule has 0 unspecified atom stereocenters. The zero-order chi connectivity index (χ0) is 23.4. The average Bonchev–Trinajstić information content (AvgIpc) is 3.15. The number of rotatable bonds is 8. The second-order valence-electron chi connectivity index (χ2n) is 8.02. The highest BCUT2D eigenvalue weighted by molar-refractivity contribution is 7.20. The molecule has 1 N–H and O–H groups in total. The number of hydrogen-bond donors (Lipinski definition) is 1. The first-order valence-electron chi connectivity index (χ1n) is 10.6. The van der Waals surface area contributed by atoms with Crippen molar-refractivity contribution < 1.29 is 14.3 Å². The largest absolute Gasteiger partial charge is 0.489 e. The number of hydrogen-bond acceptors (Lipinski definition) is 7. The SMILES string of the molecule is Cc1c(C(=O)OCC(C)C)sc2ncnc(Nc3ccc(OCc4ccc(Cl)cc4)cc3)c12. The van der Waals surface area contributed by atoms with Gasteiger partial charge in [-0.3, -0.25) is 0 Å². The molecule has 2 aromatic carbocycles. The van der Waals surface area contributed by atoms with Gasteiger partial charge >= 0.3 is 5.97 Å². The lowest BCUT2D eigenvalue weighted by Gasteiger charge is -2.10. The average molecular weight is 482 g/mol. The molecule has 0 saturated heterocycles. The molecule has 0 aliphatic rings. The van der Waals surface area contributed by atoms with Gasteiger partial charge in [0.25, 0.3) is 0 Å². The third kappa shape index (κ3) is 5.61. The summed E-state index contributed by atoms with van der Waals surface area (Å²) in [4.78, 5) is 22.6. The van der Waals surface area contributed by atoms with Gasteiger partial charge in [0, 0.05) is 10.7 Å². The van der Waals surface area contributed by atoms with E-state index in [0.717, 1.165) is 32.8 Å². The van der Waals surface area contributed by atoms with Crippen molar-refractivity contribution in [2.45, 2.75) is 27.4 Å². The van der Waals surface area contributed by atoms with Crippen molar-refractivity contribution in [2.24, 2.45) is 5.92 Å². The second-order valence-corrected chi connectivity index (χ2v) is 9.45. The van der Waals surface area contributed by atoms with Crippen molar-refractivity contribution >= 4 is 50.6 Å². The summed E-state index contributed by atoms with van der Waals surface area (Å²) in [5.74, 6) is 1.35. The van der Waals surface area contributed by atoms with Crippen LogP contribution in [0, 0.1) is 12.8 Å². The van der Waals surface area contributed by atoms with Crippen molar-refractivity contribution in [2.75, 3.05) is 11.9 Å². The van der Waals surface area contributed by atoms with E-state index < -0.39 is 0 Å². The molecule has 0 fully saturated rings. The molecule has 0 radical (unpaired) electrons. The molecule has 6 nitrogen and oxygen atoms in total. The fourth-order valence-electron chi connectivity index (χ4n) is 3.19. The molecule has 0 bridgehead atoms. The molecule has 4 rings (SSSR count). The van der Waals surface area contributed by atoms with Crippen LogP contribution in [0.15, 0.2) is 54.9 Å². The predicted molar refractivity (Wildman–Crippen MR) is 133 cm³/mol. The lowest BCUT2D eigenvalue weighted by Crippen LogP contribution is -2.09. The van der Waals surface area contributed by atoms with E-state index in [-0.39, 0.29) is 11.9 Å². The highest BCUT2D eigenvalue weighted by Crippen LogP contribution is 2.35. The number of nitrogens with zero attached hydrogens (tertiary/aromatic N) is 2. The maximum absolute atomic E-state index is 12.5. The van der Waals surface area contributed by atoms with Crippen LogP contribution >= 0.6 is 22.9 Å². The number of esters is 1. The molecule has 2 heterocycles. The lowest BCUT2D eigenvalue weighted by atomic mass is 10.2. The van der Waals surface area contributed by atoms with Crippen LogP contribution < -0.4 is 10.1 Å². The van der Waals surface area contributed by atoms with Gasteiger partial charge in [-0.2, -0.15) is 0 Å². The summed E-state index contributed by atoms with van der Waals surface area (Å²) >= 11 is 7.24. The van der Waals surface area contributed by atoms with Gasteiger partial charge in [-0.15, -0.1) is 11.3 Å². The van der Waals surface area contributed by atoms with Gasteiger partial charge in [0.05, 0.1) is 12.0 Å². The number of fused-ring (bicyclic) bond motifs is 1. The molecule has 0 aliphatic carbocycles. The third-order valence-corrected chi connectivity index (χ3v) is 6.33. The first-order valence-corrected chi connectivity index (χ1v) is 11.8. The van der Waals surface area contributed by atoms with E-state index in [4.69, 9.17) is 21.1 Å². The van der Waals surface area contributed by atoms with Gasteiger partial charge in [-0.25, -0.2) is 14.8 Å². The van der Waals surface area contributed by atoms with E-state index in [1.54, 1.807) is 0 Å². The van der Waals surface area contributed by atoms with Crippen LogP contribution in [-0.2, 0) is 11.3 Å². The Bertz CT molecular complexity index is 1250. The van der Waals surface area contributed by atoms with Crippen LogP contribution in [0.1, 0.15) is 34.6 Å². The number of thiophene rings is 1. The Morgan fingerprint density at radius 1 is 1.09 bits per heavy atom. The van der Waals surface area contributed by atoms with Crippen LogP contribution in [0.5, 0.6) is 5.75 Å². The molecule has 0 saturated carbocycles. The minimum absolute atomic E-state index is 0.277. The molecule has 170 valence electrons. The summed E-state index contributed by atoms with van der Waals surface area (Å²) in [6, 6.07) is 15.2. The zero-order valence-corrected chi connectivity index (χ0v) is 20.2. The van der Waals surface area contributed by atoms with Crippen molar-refractivity contribution in [3.63, 3.8) is 0 Å². The smallest absolute Gasteiger partial charge is 0.348 e. The van der Waals surface area contributed by atoms with Crippen molar-refractivity contribution in [1.29, 1.82) is 0 Å². The van der Waals surface area contributed by atoms with E-state index in [0.29, 0.717) is 28.9 Å². The molecule has 0 amide bonds. The zero-order valence-electron chi connectivity index (χ0n) is 18.6. The Labute approximate surface area is 201 Å². The van der Waals surface area contributed by atoms with Gasteiger partial charge in [0.2, 0.25) is 0 Å². The summed E-state index contributed by atoms with van der Waals surface area (Å²) in [5, 5.41) is 4.85. The Balaban J connectivity index is 1.48. The summed E-state index contributed by atoms with van der Waals surface area (Å²) in [6.45, 7) is 6.75. The fraction of sp³-hybridized carbons (Fsp3) is 0.240. The monoisotopic (exact) mass is 481 g/mol. The van der Waals surface area contributed by atoms with Gasteiger partial charge in [-0.1, -0.05) is 37.6 Å². The van der Waals surface area contributed by atoms with E-state index in [2.05, 4.69) is 15.3 Å². The Hall–Kier alpha value is -3.16. The van der Waals surface area contributed by atoms with Crippen molar-refractivity contribution in [3.05, 3.63) is 75.9 Å². The summed E-state index contributed by atoms with van der Waals surface area (Å²) in [6.07, 6.45) is 1.49. The summed E-state index contributed by atoms with van der Waals surface area (Å²) in [7, 11) is 0. The van der Waals surface area contributed by atoms with Gasteiger partial charge in [0.15, 0.2) is 0 Å². The van der Waals surface area contributed by atoms with E-state index in [9.17, 15) is 4.79 Å². The first kappa shape index (κ1) is 23.0. The number of halogens is 1. The first-order chi connectivity index (χ1) is 15.9. The Morgan fingerprint density at radius 3 is 2.52 bits per heavy atom. The lowest BCUT2D eigenvalue weighted by molar-refractivity contribution is 0.0464. The summed E-state index contributed by atoms with van der Waals surface area (Å²) in [5.41, 5.74) is 2.71. The third-order valence-electron chi connectivity index (χ3n) is 4.90. The van der Waals surface area contributed by atoms with E-state index >= 15 is 0 Å². The van der Waals surface area contributed by atoms with Crippen LogP contribution in [0.25, 0.3) is 10.2 Å². The van der Waals surface area contributed by atoms with Crippen molar-refractivity contribution in [3.8, 4) is 5.75 Å². The quantitative estimate of drug-likeness (QED) is 0.279.